The van der Waals surface area contributed by atoms with Crippen LogP contribution < -0.4 is 10.6 Å². The third-order valence-electron chi connectivity index (χ3n) is 2.84. The molecule has 1 amide bonds. The Balaban J connectivity index is 2.09. The Hall–Kier alpha value is -0.220. The molecule has 16 heavy (non-hydrogen) atoms. The normalized spacial score (nSPS) is 22.8. The maximum absolute atomic E-state index is 11.6. The number of carbonyl (C=O) groups excluding carboxylic acids is 1. The van der Waals surface area contributed by atoms with Crippen molar-refractivity contribution in [2.75, 3.05) is 18.1 Å². The SMILES string of the molecule is CCCC(C)NC(=O)CNC1CCCSC1. The van der Waals surface area contributed by atoms with Gasteiger partial charge in [0.05, 0.1) is 6.54 Å². The zero-order valence-corrected chi connectivity index (χ0v) is 11.2. The summed E-state index contributed by atoms with van der Waals surface area (Å²) in [6, 6.07) is 0.839. The van der Waals surface area contributed by atoms with Gasteiger partial charge in [-0.2, -0.15) is 11.8 Å². The molecule has 2 unspecified atom stereocenters. The molecular weight excluding hydrogens is 220 g/mol. The summed E-state index contributed by atoms with van der Waals surface area (Å²) in [4.78, 5) is 11.6. The highest BCUT2D eigenvalue weighted by Crippen LogP contribution is 2.16. The van der Waals surface area contributed by atoms with Gasteiger partial charge >= 0.3 is 0 Å². The van der Waals surface area contributed by atoms with E-state index in [-0.39, 0.29) is 5.91 Å². The number of rotatable bonds is 6. The maximum atomic E-state index is 11.6. The number of hydrogen-bond donors (Lipinski definition) is 2. The first-order valence-electron chi connectivity index (χ1n) is 6.33. The van der Waals surface area contributed by atoms with E-state index < -0.39 is 0 Å². The Morgan fingerprint density at radius 1 is 1.56 bits per heavy atom. The van der Waals surface area contributed by atoms with Gasteiger partial charge in [0.1, 0.15) is 0 Å². The minimum atomic E-state index is 0.136. The molecule has 4 heteroatoms. The highest BCUT2D eigenvalue weighted by molar-refractivity contribution is 7.99. The van der Waals surface area contributed by atoms with Crippen molar-refractivity contribution in [3.8, 4) is 0 Å². The van der Waals surface area contributed by atoms with Crippen LogP contribution in [0.15, 0.2) is 0 Å². The Bertz CT molecular complexity index is 205. The molecule has 1 saturated heterocycles. The first-order chi connectivity index (χ1) is 7.72. The van der Waals surface area contributed by atoms with Crippen LogP contribution in [-0.4, -0.2) is 36.0 Å². The lowest BCUT2D eigenvalue weighted by Gasteiger charge is -2.22. The molecular formula is C12H24N2OS. The highest BCUT2D eigenvalue weighted by Gasteiger charge is 2.14. The molecule has 94 valence electrons. The van der Waals surface area contributed by atoms with Crippen molar-refractivity contribution in [2.45, 2.75) is 51.6 Å². The largest absolute Gasteiger partial charge is 0.353 e. The van der Waals surface area contributed by atoms with Crippen LogP contribution in [0.3, 0.4) is 0 Å². The number of amides is 1. The van der Waals surface area contributed by atoms with Crippen LogP contribution in [-0.2, 0) is 4.79 Å². The van der Waals surface area contributed by atoms with Crippen LogP contribution in [0.1, 0.15) is 39.5 Å². The van der Waals surface area contributed by atoms with Gasteiger partial charge in [0.2, 0.25) is 5.91 Å². The molecule has 0 spiro atoms. The van der Waals surface area contributed by atoms with Gasteiger partial charge in [-0.15, -0.1) is 0 Å². The van der Waals surface area contributed by atoms with Gasteiger partial charge in [0, 0.05) is 17.8 Å². The van der Waals surface area contributed by atoms with Gasteiger partial charge in [0.25, 0.3) is 0 Å². The molecule has 2 atom stereocenters. The van der Waals surface area contributed by atoms with Crippen molar-refractivity contribution in [2.24, 2.45) is 0 Å². The predicted molar refractivity (Wildman–Crippen MR) is 70.9 cm³/mol. The Morgan fingerprint density at radius 2 is 2.38 bits per heavy atom. The summed E-state index contributed by atoms with van der Waals surface area (Å²) in [5, 5.41) is 6.35. The van der Waals surface area contributed by atoms with Crippen LogP contribution in [0, 0.1) is 0 Å². The van der Waals surface area contributed by atoms with Crippen LogP contribution in [0.5, 0.6) is 0 Å². The lowest BCUT2D eigenvalue weighted by atomic mass is 10.2. The smallest absolute Gasteiger partial charge is 0.234 e. The van der Waals surface area contributed by atoms with E-state index in [0.717, 1.165) is 18.6 Å². The monoisotopic (exact) mass is 244 g/mol. The van der Waals surface area contributed by atoms with Crippen LogP contribution >= 0.6 is 11.8 Å². The molecule has 0 aromatic heterocycles. The highest BCUT2D eigenvalue weighted by atomic mass is 32.2. The standard InChI is InChI=1S/C12H24N2OS/c1-3-5-10(2)14-12(15)8-13-11-6-4-7-16-9-11/h10-11,13H,3-9H2,1-2H3,(H,14,15). The Kier molecular flexibility index (Phi) is 6.88. The van der Waals surface area contributed by atoms with E-state index in [0.29, 0.717) is 18.6 Å². The lowest BCUT2D eigenvalue weighted by molar-refractivity contribution is -0.121. The minimum Gasteiger partial charge on any atom is -0.353 e. The zero-order valence-electron chi connectivity index (χ0n) is 10.4. The maximum Gasteiger partial charge on any atom is 0.234 e. The van der Waals surface area contributed by atoms with Crippen molar-refractivity contribution in [1.29, 1.82) is 0 Å². The van der Waals surface area contributed by atoms with Crippen molar-refractivity contribution in [3.05, 3.63) is 0 Å². The third-order valence-corrected chi connectivity index (χ3v) is 4.06. The van der Waals surface area contributed by atoms with Gasteiger partial charge in [-0.25, -0.2) is 0 Å². The summed E-state index contributed by atoms with van der Waals surface area (Å²) in [6.45, 7) is 4.68. The van der Waals surface area contributed by atoms with Gasteiger partial charge in [-0.1, -0.05) is 13.3 Å². The molecule has 0 aromatic rings. The topological polar surface area (TPSA) is 41.1 Å². The molecule has 1 aliphatic rings. The number of carbonyl (C=O) groups is 1. The minimum absolute atomic E-state index is 0.136. The van der Waals surface area contributed by atoms with Gasteiger partial charge < -0.3 is 10.6 Å². The molecule has 1 fully saturated rings. The lowest BCUT2D eigenvalue weighted by Crippen LogP contribution is -2.43. The van der Waals surface area contributed by atoms with Crippen LogP contribution in [0.2, 0.25) is 0 Å². The molecule has 0 bridgehead atoms. The van der Waals surface area contributed by atoms with E-state index >= 15 is 0 Å². The second kappa shape index (κ2) is 7.96. The molecule has 1 aliphatic heterocycles. The van der Waals surface area contributed by atoms with E-state index in [4.69, 9.17) is 0 Å². The van der Waals surface area contributed by atoms with Crippen molar-refractivity contribution < 1.29 is 4.79 Å². The summed E-state index contributed by atoms with van der Waals surface area (Å²) >= 11 is 1.98. The van der Waals surface area contributed by atoms with Crippen molar-refractivity contribution >= 4 is 17.7 Å². The van der Waals surface area contributed by atoms with Crippen LogP contribution in [0.4, 0.5) is 0 Å². The van der Waals surface area contributed by atoms with E-state index in [2.05, 4.69) is 24.5 Å². The summed E-state index contributed by atoms with van der Waals surface area (Å²) in [7, 11) is 0. The number of thioether (sulfide) groups is 1. The summed E-state index contributed by atoms with van der Waals surface area (Å²) in [5.74, 6) is 2.56. The Labute approximate surface area is 103 Å². The van der Waals surface area contributed by atoms with Crippen LogP contribution in [0.25, 0.3) is 0 Å². The molecule has 1 heterocycles. The summed E-state index contributed by atoms with van der Waals surface area (Å²) < 4.78 is 0. The molecule has 2 N–H and O–H groups in total. The molecule has 0 radical (unpaired) electrons. The predicted octanol–water partition coefficient (Wildman–Crippen LogP) is 1.78. The average Bonchev–Trinajstić information content (AvgIpc) is 2.28. The second-order valence-electron chi connectivity index (χ2n) is 4.55. The fraction of sp³-hybridized carbons (Fsp3) is 0.917. The van der Waals surface area contributed by atoms with Crippen molar-refractivity contribution in [3.63, 3.8) is 0 Å². The van der Waals surface area contributed by atoms with Gasteiger partial charge in [-0.05, 0) is 31.9 Å². The molecule has 0 saturated carbocycles. The first-order valence-corrected chi connectivity index (χ1v) is 7.48. The number of nitrogens with one attached hydrogen (secondary N) is 2. The molecule has 3 nitrogen and oxygen atoms in total. The fourth-order valence-corrected chi connectivity index (χ4v) is 3.08. The van der Waals surface area contributed by atoms with Gasteiger partial charge in [-0.3, -0.25) is 4.79 Å². The third kappa shape index (κ3) is 5.75. The van der Waals surface area contributed by atoms with Crippen molar-refractivity contribution in [1.82, 2.24) is 10.6 Å². The van der Waals surface area contributed by atoms with E-state index in [1.165, 1.54) is 18.6 Å². The average molecular weight is 244 g/mol. The Morgan fingerprint density at radius 3 is 3.00 bits per heavy atom. The summed E-state index contributed by atoms with van der Waals surface area (Å²) in [6.07, 6.45) is 4.67. The van der Waals surface area contributed by atoms with Gasteiger partial charge in [0.15, 0.2) is 0 Å². The summed E-state index contributed by atoms with van der Waals surface area (Å²) in [5.41, 5.74) is 0. The molecule has 0 aromatic carbocycles. The first kappa shape index (κ1) is 13.8. The molecule has 1 rings (SSSR count). The van der Waals surface area contributed by atoms with E-state index in [1.54, 1.807) is 0 Å². The molecule has 0 aliphatic carbocycles. The van der Waals surface area contributed by atoms with E-state index in [1.807, 2.05) is 11.8 Å². The second-order valence-corrected chi connectivity index (χ2v) is 5.70. The fourth-order valence-electron chi connectivity index (χ4n) is 1.97. The van der Waals surface area contributed by atoms with E-state index in [9.17, 15) is 4.79 Å². The zero-order chi connectivity index (χ0) is 11.8. The quantitative estimate of drug-likeness (QED) is 0.748. The number of hydrogen-bond acceptors (Lipinski definition) is 3.